The van der Waals surface area contributed by atoms with Crippen LogP contribution >= 0.6 is 0 Å². The number of aromatic nitrogens is 2. The Morgan fingerprint density at radius 1 is 1.21 bits per heavy atom. The van der Waals surface area contributed by atoms with Crippen LogP contribution in [-0.2, 0) is 17.9 Å². The summed E-state index contributed by atoms with van der Waals surface area (Å²) in [5, 5.41) is 0. The standard InChI is InChI=1S/C19H22FN3O/c20-16-5-3-15(4-6-16)17-9-21-18-11-24-19(13-23(17)18)7-8-22(12-19)10-14-1-2-14/h3-6,9,14H,1-2,7-8,10-13H2/t19-/m0/s1. The average Bonchev–Trinajstić information content (AvgIpc) is 3.18. The summed E-state index contributed by atoms with van der Waals surface area (Å²) in [6.07, 6.45) is 5.76. The molecule has 1 saturated heterocycles. The summed E-state index contributed by atoms with van der Waals surface area (Å²) >= 11 is 0. The highest BCUT2D eigenvalue weighted by atomic mass is 19.1. The molecule has 1 aromatic heterocycles. The lowest BCUT2D eigenvalue weighted by atomic mass is 10.0. The maximum atomic E-state index is 13.2. The third-order valence-electron chi connectivity index (χ3n) is 5.64. The lowest BCUT2D eigenvalue weighted by molar-refractivity contribution is -0.0819. The molecular weight excluding hydrogens is 305 g/mol. The van der Waals surface area contributed by atoms with Crippen LogP contribution in [0.3, 0.4) is 0 Å². The van der Waals surface area contributed by atoms with Crippen molar-refractivity contribution < 1.29 is 9.13 Å². The van der Waals surface area contributed by atoms with E-state index in [1.165, 1.54) is 31.5 Å². The van der Waals surface area contributed by atoms with Gasteiger partial charge in [-0.15, -0.1) is 0 Å². The minimum Gasteiger partial charge on any atom is -0.364 e. The van der Waals surface area contributed by atoms with Gasteiger partial charge in [0.15, 0.2) is 0 Å². The van der Waals surface area contributed by atoms with E-state index in [0.29, 0.717) is 6.61 Å². The van der Waals surface area contributed by atoms with Gasteiger partial charge in [0.1, 0.15) is 23.8 Å². The second-order valence-corrected chi connectivity index (χ2v) is 7.55. The summed E-state index contributed by atoms with van der Waals surface area (Å²) in [4.78, 5) is 7.08. The van der Waals surface area contributed by atoms with Gasteiger partial charge in [0.25, 0.3) is 0 Å². The summed E-state index contributed by atoms with van der Waals surface area (Å²) in [6, 6.07) is 6.68. The Balaban J connectivity index is 1.40. The number of likely N-dealkylation sites (tertiary alicyclic amines) is 1. The maximum absolute atomic E-state index is 13.2. The summed E-state index contributed by atoms with van der Waals surface area (Å²) in [6.45, 7) is 4.79. The summed E-state index contributed by atoms with van der Waals surface area (Å²) in [5.74, 6) is 1.69. The first-order valence-corrected chi connectivity index (χ1v) is 8.87. The van der Waals surface area contributed by atoms with Gasteiger partial charge in [0, 0.05) is 19.6 Å². The van der Waals surface area contributed by atoms with Crippen LogP contribution in [0, 0.1) is 11.7 Å². The summed E-state index contributed by atoms with van der Waals surface area (Å²) in [5.41, 5.74) is 1.99. The van der Waals surface area contributed by atoms with Crippen LogP contribution in [0.4, 0.5) is 4.39 Å². The molecule has 3 aliphatic rings. The Bertz CT molecular complexity index is 752. The van der Waals surface area contributed by atoms with Crippen molar-refractivity contribution in [2.24, 2.45) is 5.92 Å². The largest absolute Gasteiger partial charge is 0.364 e. The van der Waals surface area contributed by atoms with E-state index in [1.807, 2.05) is 18.3 Å². The highest BCUT2D eigenvalue weighted by Gasteiger charge is 2.44. The molecule has 0 radical (unpaired) electrons. The van der Waals surface area contributed by atoms with Gasteiger partial charge in [-0.2, -0.15) is 0 Å². The van der Waals surface area contributed by atoms with Crippen LogP contribution in [0.5, 0.6) is 0 Å². The van der Waals surface area contributed by atoms with E-state index in [1.54, 1.807) is 0 Å². The fourth-order valence-corrected chi connectivity index (χ4v) is 4.10. The van der Waals surface area contributed by atoms with Crippen molar-refractivity contribution in [3.8, 4) is 11.3 Å². The van der Waals surface area contributed by atoms with E-state index in [9.17, 15) is 4.39 Å². The number of benzene rings is 1. The molecule has 4 nitrogen and oxygen atoms in total. The van der Waals surface area contributed by atoms with Crippen LogP contribution < -0.4 is 0 Å². The second-order valence-electron chi connectivity index (χ2n) is 7.55. The number of rotatable bonds is 3. The van der Waals surface area contributed by atoms with E-state index < -0.39 is 0 Å². The van der Waals surface area contributed by atoms with Crippen molar-refractivity contribution in [1.29, 1.82) is 0 Å². The first-order chi connectivity index (χ1) is 11.7. The molecule has 24 heavy (non-hydrogen) atoms. The van der Waals surface area contributed by atoms with Crippen LogP contribution in [0.1, 0.15) is 25.1 Å². The van der Waals surface area contributed by atoms with Gasteiger partial charge in [-0.3, -0.25) is 0 Å². The van der Waals surface area contributed by atoms with Crippen LogP contribution in [-0.4, -0.2) is 39.7 Å². The molecule has 2 aromatic rings. The van der Waals surface area contributed by atoms with E-state index in [-0.39, 0.29) is 11.4 Å². The molecule has 1 spiro atoms. The molecule has 126 valence electrons. The minimum atomic E-state index is -0.205. The molecule has 2 aliphatic heterocycles. The van der Waals surface area contributed by atoms with Gasteiger partial charge in [-0.25, -0.2) is 9.37 Å². The van der Waals surface area contributed by atoms with Gasteiger partial charge in [-0.05, 0) is 55.0 Å². The Morgan fingerprint density at radius 3 is 2.83 bits per heavy atom. The van der Waals surface area contributed by atoms with Crippen molar-refractivity contribution in [2.45, 2.75) is 38.0 Å². The Morgan fingerprint density at radius 2 is 2.04 bits per heavy atom. The smallest absolute Gasteiger partial charge is 0.135 e. The quantitative estimate of drug-likeness (QED) is 0.868. The Hall–Kier alpha value is -1.72. The van der Waals surface area contributed by atoms with E-state index >= 15 is 0 Å². The van der Waals surface area contributed by atoms with E-state index in [0.717, 1.165) is 49.1 Å². The second kappa shape index (κ2) is 5.39. The monoisotopic (exact) mass is 327 g/mol. The first kappa shape index (κ1) is 14.6. The van der Waals surface area contributed by atoms with Gasteiger partial charge >= 0.3 is 0 Å². The molecule has 5 rings (SSSR count). The third-order valence-corrected chi connectivity index (χ3v) is 5.64. The maximum Gasteiger partial charge on any atom is 0.135 e. The fraction of sp³-hybridized carbons (Fsp3) is 0.526. The molecule has 0 N–H and O–H groups in total. The predicted octanol–water partition coefficient (Wildman–Crippen LogP) is 3.07. The Kier molecular flexibility index (Phi) is 3.28. The lowest BCUT2D eigenvalue weighted by Crippen LogP contribution is -2.44. The summed E-state index contributed by atoms with van der Waals surface area (Å²) in [7, 11) is 0. The topological polar surface area (TPSA) is 30.3 Å². The normalized spacial score (nSPS) is 26.9. The molecule has 1 saturated carbocycles. The molecular formula is C19H22FN3O. The number of imidazole rings is 1. The molecule has 0 bridgehead atoms. The van der Waals surface area contributed by atoms with Crippen LogP contribution in [0.25, 0.3) is 11.3 Å². The Labute approximate surface area is 141 Å². The highest BCUT2D eigenvalue weighted by Crippen LogP contribution is 2.37. The lowest BCUT2D eigenvalue weighted by Gasteiger charge is -2.35. The molecule has 1 aliphatic carbocycles. The van der Waals surface area contributed by atoms with Crippen LogP contribution in [0.2, 0.25) is 0 Å². The molecule has 2 fully saturated rings. The molecule has 1 aromatic carbocycles. The zero-order valence-electron chi connectivity index (χ0n) is 13.7. The molecule has 5 heteroatoms. The number of fused-ring (bicyclic) bond motifs is 1. The third kappa shape index (κ3) is 2.56. The molecule has 3 heterocycles. The number of hydrogen-bond acceptors (Lipinski definition) is 3. The zero-order valence-corrected chi connectivity index (χ0v) is 13.7. The van der Waals surface area contributed by atoms with Crippen molar-refractivity contribution in [3.63, 3.8) is 0 Å². The first-order valence-electron chi connectivity index (χ1n) is 8.87. The predicted molar refractivity (Wildman–Crippen MR) is 88.9 cm³/mol. The average molecular weight is 327 g/mol. The van der Waals surface area contributed by atoms with Gasteiger partial charge in [0.05, 0.1) is 18.4 Å². The summed E-state index contributed by atoms with van der Waals surface area (Å²) < 4.78 is 21.8. The van der Waals surface area contributed by atoms with Crippen molar-refractivity contribution >= 4 is 0 Å². The van der Waals surface area contributed by atoms with Gasteiger partial charge in [-0.1, -0.05) is 0 Å². The van der Waals surface area contributed by atoms with Crippen molar-refractivity contribution in [2.75, 3.05) is 19.6 Å². The van der Waals surface area contributed by atoms with Gasteiger partial charge < -0.3 is 14.2 Å². The molecule has 0 unspecified atom stereocenters. The SMILES string of the molecule is Fc1ccc(-c2cnc3n2C[C@@]2(CCN(CC4CC4)C2)OC3)cc1. The number of nitrogens with zero attached hydrogens (tertiary/aromatic N) is 3. The van der Waals surface area contributed by atoms with E-state index in [2.05, 4.69) is 14.5 Å². The number of ether oxygens (including phenoxy) is 1. The highest BCUT2D eigenvalue weighted by molar-refractivity contribution is 5.59. The zero-order chi connectivity index (χ0) is 16.1. The van der Waals surface area contributed by atoms with E-state index in [4.69, 9.17) is 4.74 Å². The van der Waals surface area contributed by atoms with Crippen molar-refractivity contribution in [1.82, 2.24) is 14.5 Å². The number of hydrogen-bond donors (Lipinski definition) is 0. The molecule has 0 amide bonds. The number of halogens is 1. The van der Waals surface area contributed by atoms with Gasteiger partial charge in [0.2, 0.25) is 0 Å². The van der Waals surface area contributed by atoms with Crippen LogP contribution in [0.15, 0.2) is 30.5 Å². The minimum absolute atomic E-state index is 0.0859. The van der Waals surface area contributed by atoms with Crippen molar-refractivity contribution in [3.05, 3.63) is 42.1 Å². The molecule has 1 atom stereocenters. The fourth-order valence-electron chi connectivity index (χ4n) is 4.10.